The van der Waals surface area contributed by atoms with Gasteiger partial charge in [0.25, 0.3) is 5.91 Å². The van der Waals surface area contributed by atoms with Crippen molar-refractivity contribution in [1.29, 1.82) is 0 Å². The Morgan fingerprint density at radius 1 is 0.786 bits per heavy atom. The van der Waals surface area contributed by atoms with Gasteiger partial charge in [0.2, 0.25) is 5.91 Å². The van der Waals surface area contributed by atoms with E-state index < -0.39 is 0 Å². The fraction of sp³-hybridized carbons (Fsp3) is 0.136. The van der Waals surface area contributed by atoms with Crippen molar-refractivity contribution in [2.24, 2.45) is 0 Å². The van der Waals surface area contributed by atoms with Crippen molar-refractivity contribution >= 4 is 34.6 Å². The molecule has 1 heterocycles. The van der Waals surface area contributed by atoms with Crippen LogP contribution in [0, 0.1) is 13.8 Å². The molecule has 6 nitrogen and oxygen atoms in total. The van der Waals surface area contributed by atoms with Gasteiger partial charge < -0.3 is 16.0 Å². The van der Waals surface area contributed by atoms with E-state index in [9.17, 15) is 9.59 Å². The zero-order chi connectivity index (χ0) is 20.1. The van der Waals surface area contributed by atoms with Crippen LogP contribution in [0.5, 0.6) is 0 Å². The van der Waals surface area contributed by atoms with Gasteiger partial charge in [-0.05, 0) is 67.4 Å². The maximum absolute atomic E-state index is 12.5. The molecular weight excluding hydrogens is 352 g/mol. The molecule has 0 radical (unpaired) electrons. The van der Waals surface area contributed by atoms with Crippen LogP contribution in [0.1, 0.15) is 28.5 Å². The highest BCUT2D eigenvalue weighted by molar-refractivity contribution is 6.03. The Morgan fingerprint density at radius 2 is 1.50 bits per heavy atom. The summed E-state index contributed by atoms with van der Waals surface area (Å²) in [6.45, 7) is 5.49. The number of carbonyl (C=O) groups is 2. The lowest BCUT2D eigenvalue weighted by atomic mass is 10.1. The number of benzene rings is 2. The zero-order valence-electron chi connectivity index (χ0n) is 16.0. The Balaban J connectivity index is 1.73. The summed E-state index contributed by atoms with van der Waals surface area (Å²) in [7, 11) is 0. The number of pyridine rings is 1. The Bertz CT molecular complexity index is 1030. The number of hydrogen-bond donors (Lipinski definition) is 3. The molecule has 2 amide bonds. The lowest BCUT2D eigenvalue weighted by molar-refractivity contribution is -0.114. The first-order valence-corrected chi connectivity index (χ1v) is 8.90. The Labute approximate surface area is 164 Å². The number of aryl methyl sites for hydroxylation is 2. The maximum Gasteiger partial charge on any atom is 0.274 e. The van der Waals surface area contributed by atoms with E-state index in [0.717, 1.165) is 22.6 Å². The lowest BCUT2D eigenvalue weighted by Gasteiger charge is -2.11. The van der Waals surface area contributed by atoms with Gasteiger partial charge in [-0.25, -0.2) is 0 Å². The fourth-order valence-electron chi connectivity index (χ4n) is 2.69. The molecule has 0 unspecified atom stereocenters. The lowest BCUT2D eigenvalue weighted by Crippen LogP contribution is -2.14. The van der Waals surface area contributed by atoms with Crippen molar-refractivity contribution < 1.29 is 9.59 Å². The summed E-state index contributed by atoms with van der Waals surface area (Å²) in [6, 6.07) is 16.6. The molecular formula is C22H22N4O2. The monoisotopic (exact) mass is 374 g/mol. The topological polar surface area (TPSA) is 83.1 Å². The third-order valence-electron chi connectivity index (χ3n) is 4.23. The smallest absolute Gasteiger partial charge is 0.274 e. The second-order valence-corrected chi connectivity index (χ2v) is 6.57. The maximum atomic E-state index is 12.5. The van der Waals surface area contributed by atoms with E-state index >= 15 is 0 Å². The number of amides is 2. The van der Waals surface area contributed by atoms with Crippen LogP contribution in [0.2, 0.25) is 0 Å². The molecule has 3 rings (SSSR count). The largest absolute Gasteiger partial charge is 0.355 e. The number of aromatic nitrogens is 1. The van der Waals surface area contributed by atoms with Gasteiger partial charge in [-0.1, -0.05) is 12.1 Å². The summed E-state index contributed by atoms with van der Waals surface area (Å²) in [4.78, 5) is 27.9. The molecule has 0 aliphatic rings. The van der Waals surface area contributed by atoms with Crippen molar-refractivity contribution in [2.45, 2.75) is 20.8 Å². The van der Waals surface area contributed by atoms with Gasteiger partial charge in [0, 0.05) is 35.9 Å². The average Bonchev–Trinajstić information content (AvgIpc) is 2.65. The Kier molecular flexibility index (Phi) is 5.69. The highest BCUT2D eigenvalue weighted by Gasteiger charge is 2.09. The van der Waals surface area contributed by atoms with Crippen LogP contribution >= 0.6 is 0 Å². The second kappa shape index (κ2) is 8.35. The summed E-state index contributed by atoms with van der Waals surface area (Å²) in [6.07, 6.45) is 1.58. The summed E-state index contributed by atoms with van der Waals surface area (Å²) in [5, 5.41) is 8.83. The quantitative estimate of drug-likeness (QED) is 0.607. The van der Waals surface area contributed by atoms with Crippen molar-refractivity contribution in [3.63, 3.8) is 0 Å². The van der Waals surface area contributed by atoms with Gasteiger partial charge in [0.15, 0.2) is 0 Å². The molecule has 0 aliphatic carbocycles. The number of rotatable bonds is 5. The van der Waals surface area contributed by atoms with Crippen LogP contribution in [0.25, 0.3) is 0 Å². The molecule has 142 valence electrons. The molecule has 0 saturated heterocycles. The molecule has 3 aromatic rings. The number of carbonyl (C=O) groups excluding carboxylic acids is 2. The molecule has 3 N–H and O–H groups in total. The predicted molar refractivity (Wildman–Crippen MR) is 112 cm³/mol. The second-order valence-electron chi connectivity index (χ2n) is 6.57. The summed E-state index contributed by atoms with van der Waals surface area (Å²) in [5.41, 5.74) is 5.53. The van der Waals surface area contributed by atoms with E-state index in [1.165, 1.54) is 12.5 Å². The molecule has 0 spiro atoms. The SMILES string of the molecule is CC(=O)Nc1cccc(Nc2ccnc(C(=O)Nc3ccc(C)c(C)c3)c2)c1. The third kappa shape index (κ3) is 4.94. The zero-order valence-corrected chi connectivity index (χ0v) is 16.0. The van der Waals surface area contributed by atoms with E-state index in [2.05, 4.69) is 20.9 Å². The molecule has 6 heteroatoms. The first-order valence-electron chi connectivity index (χ1n) is 8.90. The van der Waals surface area contributed by atoms with Crippen LogP contribution in [0.4, 0.5) is 22.7 Å². The van der Waals surface area contributed by atoms with Crippen LogP contribution in [-0.2, 0) is 4.79 Å². The first-order chi connectivity index (χ1) is 13.4. The number of nitrogens with zero attached hydrogens (tertiary/aromatic N) is 1. The van der Waals surface area contributed by atoms with Crippen molar-refractivity contribution in [2.75, 3.05) is 16.0 Å². The minimum Gasteiger partial charge on any atom is -0.355 e. The minimum absolute atomic E-state index is 0.133. The summed E-state index contributed by atoms with van der Waals surface area (Å²) in [5.74, 6) is -0.412. The van der Waals surface area contributed by atoms with E-state index in [1.54, 1.807) is 18.3 Å². The Hall–Kier alpha value is -3.67. The Morgan fingerprint density at radius 3 is 2.25 bits per heavy atom. The minimum atomic E-state index is -0.279. The molecule has 0 aliphatic heterocycles. The van der Waals surface area contributed by atoms with Crippen molar-refractivity contribution in [3.05, 3.63) is 77.6 Å². The molecule has 0 fully saturated rings. The fourth-order valence-corrected chi connectivity index (χ4v) is 2.69. The van der Waals surface area contributed by atoms with Crippen molar-refractivity contribution in [3.8, 4) is 0 Å². The summed E-state index contributed by atoms with van der Waals surface area (Å²) >= 11 is 0. The van der Waals surface area contributed by atoms with Crippen LogP contribution in [0.3, 0.4) is 0 Å². The van der Waals surface area contributed by atoms with Crippen LogP contribution in [0.15, 0.2) is 60.8 Å². The highest BCUT2D eigenvalue weighted by atomic mass is 16.2. The molecule has 2 aromatic carbocycles. The standard InChI is InChI=1S/C22H22N4O2/c1-14-7-8-19(11-15(14)2)26-22(28)21-13-20(9-10-23-21)25-18-6-4-5-17(12-18)24-16(3)27/h4-13H,1-3H3,(H,23,25)(H,24,27)(H,26,28). The molecule has 0 atom stereocenters. The van der Waals surface area contributed by atoms with Gasteiger partial charge in [0.05, 0.1) is 0 Å². The molecule has 28 heavy (non-hydrogen) atoms. The van der Waals surface area contributed by atoms with Gasteiger partial charge in [-0.15, -0.1) is 0 Å². The first kappa shape index (κ1) is 19.1. The van der Waals surface area contributed by atoms with Gasteiger partial charge in [-0.2, -0.15) is 0 Å². The number of nitrogens with one attached hydrogen (secondary N) is 3. The normalized spacial score (nSPS) is 10.2. The van der Waals surface area contributed by atoms with E-state index in [0.29, 0.717) is 11.4 Å². The molecule has 0 saturated carbocycles. The van der Waals surface area contributed by atoms with Gasteiger partial charge in [-0.3, -0.25) is 14.6 Å². The van der Waals surface area contributed by atoms with Gasteiger partial charge >= 0.3 is 0 Å². The van der Waals surface area contributed by atoms with E-state index in [4.69, 9.17) is 0 Å². The molecule has 1 aromatic heterocycles. The van der Waals surface area contributed by atoms with Crippen LogP contribution < -0.4 is 16.0 Å². The summed E-state index contributed by atoms with van der Waals surface area (Å²) < 4.78 is 0. The number of anilines is 4. The van der Waals surface area contributed by atoms with Crippen molar-refractivity contribution in [1.82, 2.24) is 4.98 Å². The third-order valence-corrected chi connectivity index (χ3v) is 4.23. The van der Waals surface area contributed by atoms with Crippen LogP contribution in [-0.4, -0.2) is 16.8 Å². The predicted octanol–water partition coefficient (Wildman–Crippen LogP) is 4.65. The molecule has 0 bridgehead atoms. The highest BCUT2D eigenvalue weighted by Crippen LogP contribution is 2.21. The van der Waals surface area contributed by atoms with E-state index in [-0.39, 0.29) is 11.8 Å². The number of hydrogen-bond acceptors (Lipinski definition) is 4. The van der Waals surface area contributed by atoms with E-state index in [1.807, 2.05) is 56.3 Å². The average molecular weight is 374 g/mol. The van der Waals surface area contributed by atoms with Gasteiger partial charge in [0.1, 0.15) is 5.69 Å².